The lowest BCUT2D eigenvalue weighted by molar-refractivity contribution is 0.329. The third kappa shape index (κ3) is 3.53. The lowest BCUT2D eigenvalue weighted by Crippen LogP contribution is -2.11. The summed E-state index contributed by atoms with van der Waals surface area (Å²) < 4.78 is 28.8. The maximum Gasteiger partial charge on any atom is 0.175 e. The Bertz CT molecular complexity index is 967. The minimum absolute atomic E-state index is 0.349. The molecule has 2 aromatic rings. The highest BCUT2D eigenvalue weighted by Gasteiger charge is 2.41. The maximum atomic E-state index is 11.8. The number of ether oxygens (including phenoxy) is 1. The minimum atomic E-state index is -3.18. The van der Waals surface area contributed by atoms with Crippen LogP contribution in [0.25, 0.3) is 11.1 Å². The second-order valence-corrected chi connectivity index (χ2v) is 9.91. The van der Waals surface area contributed by atoms with Crippen LogP contribution in [0.3, 0.4) is 0 Å². The van der Waals surface area contributed by atoms with Crippen LogP contribution in [0.15, 0.2) is 47.5 Å². The Labute approximate surface area is 161 Å². The van der Waals surface area contributed by atoms with Crippen molar-refractivity contribution in [2.24, 2.45) is 5.41 Å². The summed E-state index contributed by atoms with van der Waals surface area (Å²) in [4.78, 5) is 5.01. The molecule has 2 aliphatic carbocycles. The predicted octanol–water partition coefficient (Wildman–Crippen LogP) is 4.76. The maximum absolute atomic E-state index is 11.8. The standard InChI is InChI=1S/C22H25NO3S/c1-26-17-7-10-21(23-15-17)20-14-22(11-3-4-12-22)13-19(20)16-5-8-18(9-6-16)27(2,24)25/h5-10,15H,3-4,11-14H2,1-2H3. The first-order valence-electron chi connectivity index (χ1n) is 9.43. The van der Waals surface area contributed by atoms with E-state index >= 15 is 0 Å². The number of aromatic nitrogens is 1. The van der Waals surface area contributed by atoms with E-state index in [4.69, 9.17) is 4.74 Å². The molecule has 0 N–H and O–H groups in total. The quantitative estimate of drug-likeness (QED) is 0.764. The predicted molar refractivity (Wildman–Crippen MR) is 107 cm³/mol. The average Bonchev–Trinajstić information content (AvgIpc) is 3.28. The second kappa shape index (κ2) is 6.79. The topological polar surface area (TPSA) is 56.3 Å². The van der Waals surface area contributed by atoms with Gasteiger partial charge in [0, 0.05) is 6.26 Å². The number of benzene rings is 1. The van der Waals surface area contributed by atoms with E-state index in [0.29, 0.717) is 10.3 Å². The molecular weight excluding hydrogens is 358 g/mol. The van der Waals surface area contributed by atoms with E-state index in [9.17, 15) is 8.42 Å². The molecular formula is C22H25NO3S. The number of methoxy groups -OCH3 is 1. The van der Waals surface area contributed by atoms with Crippen LogP contribution in [0.2, 0.25) is 0 Å². The van der Waals surface area contributed by atoms with Gasteiger partial charge in [0.25, 0.3) is 0 Å². The first-order valence-corrected chi connectivity index (χ1v) is 11.3. The molecule has 4 nitrogen and oxygen atoms in total. The summed E-state index contributed by atoms with van der Waals surface area (Å²) in [6.07, 6.45) is 10.2. The fourth-order valence-corrected chi connectivity index (χ4v) is 5.24. The molecule has 27 heavy (non-hydrogen) atoms. The van der Waals surface area contributed by atoms with Crippen molar-refractivity contribution in [3.8, 4) is 5.75 Å². The van der Waals surface area contributed by atoms with Crippen molar-refractivity contribution in [3.05, 3.63) is 53.9 Å². The van der Waals surface area contributed by atoms with Crippen molar-refractivity contribution < 1.29 is 13.2 Å². The van der Waals surface area contributed by atoms with Crippen molar-refractivity contribution in [2.75, 3.05) is 13.4 Å². The number of hydrogen-bond donors (Lipinski definition) is 0. The molecule has 0 amide bonds. The van der Waals surface area contributed by atoms with Gasteiger partial charge in [-0.05, 0) is 72.1 Å². The Morgan fingerprint density at radius 3 is 2.19 bits per heavy atom. The molecule has 142 valence electrons. The van der Waals surface area contributed by atoms with E-state index < -0.39 is 9.84 Å². The summed E-state index contributed by atoms with van der Waals surface area (Å²) in [5.74, 6) is 0.756. The number of nitrogens with zero attached hydrogens (tertiary/aromatic N) is 1. The van der Waals surface area contributed by atoms with Crippen molar-refractivity contribution in [1.29, 1.82) is 0 Å². The van der Waals surface area contributed by atoms with Crippen LogP contribution in [0.5, 0.6) is 5.75 Å². The summed E-state index contributed by atoms with van der Waals surface area (Å²) in [5.41, 5.74) is 5.07. The summed E-state index contributed by atoms with van der Waals surface area (Å²) in [6, 6.07) is 11.3. The molecule has 1 heterocycles. The molecule has 0 bridgehead atoms. The summed E-state index contributed by atoms with van der Waals surface area (Å²) in [6.45, 7) is 0. The largest absolute Gasteiger partial charge is 0.495 e. The number of hydrogen-bond acceptors (Lipinski definition) is 4. The van der Waals surface area contributed by atoms with E-state index in [1.165, 1.54) is 43.1 Å². The van der Waals surface area contributed by atoms with Crippen molar-refractivity contribution in [3.63, 3.8) is 0 Å². The Morgan fingerprint density at radius 2 is 1.63 bits per heavy atom. The van der Waals surface area contributed by atoms with Gasteiger partial charge >= 0.3 is 0 Å². The summed E-state index contributed by atoms with van der Waals surface area (Å²) in [5, 5.41) is 0. The molecule has 1 aromatic carbocycles. The van der Waals surface area contributed by atoms with E-state index in [0.717, 1.165) is 29.8 Å². The van der Waals surface area contributed by atoms with Gasteiger partial charge in [-0.1, -0.05) is 25.0 Å². The SMILES string of the molecule is COc1ccc(C2=C(c3ccc(S(C)(=O)=O)cc3)CC3(CCCC3)C2)nc1. The minimum Gasteiger partial charge on any atom is -0.495 e. The fourth-order valence-electron chi connectivity index (χ4n) is 4.61. The van der Waals surface area contributed by atoms with Gasteiger partial charge in [0.05, 0.1) is 23.9 Å². The van der Waals surface area contributed by atoms with Crippen LogP contribution in [-0.2, 0) is 9.84 Å². The highest BCUT2D eigenvalue weighted by Crippen LogP contribution is 2.57. The monoisotopic (exact) mass is 383 g/mol. The summed E-state index contributed by atoms with van der Waals surface area (Å²) in [7, 11) is -1.53. The molecule has 5 heteroatoms. The van der Waals surface area contributed by atoms with Crippen LogP contribution in [0.4, 0.5) is 0 Å². The van der Waals surface area contributed by atoms with E-state index in [1.54, 1.807) is 25.4 Å². The van der Waals surface area contributed by atoms with Gasteiger partial charge in [-0.2, -0.15) is 0 Å². The van der Waals surface area contributed by atoms with Gasteiger partial charge in [-0.3, -0.25) is 4.98 Å². The number of pyridine rings is 1. The lowest BCUT2D eigenvalue weighted by Gasteiger charge is -2.23. The number of allylic oxidation sites excluding steroid dienone is 2. The third-order valence-electron chi connectivity index (χ3n) is 6.04. The molecule has 1 spiro atoms. The van der Waals surface area contributed by atoms with Crippen LogP contribution in [0.1, 0.15) is 49.8 Å². The van der Waals surface area contributed by atoms with Gasteiger partial charge in [-0.25, -0.2) is 8.42 Å². The van der Waals surface area contributed by atoms with Crippen molar-refractivity contribution in [1.82, 2.24) is 4.98 Å². The van der Waals surface area contributed by atoms with E-state index in [-0.39, 0.29) is 0 Å². The van der Waals surface area contributed by atoms with Gasteiger partial charge in [-0.15, -0.1) is 0 Å². The van der Waals surface area contributed by atoms with Gasteiger partial charge in [0.1, 0.15) is 5.75 Å². The van der Waals surface area contributed by atoms with E-state index in [1.807, 2.05) is 24.3 Å². The van der Waals surface area contributed by atoms with Crippen LogP contribution in [0, 0.1) is 5.41 Å². The molecule has 0 unspecified atom stereocenters. The Kier molecular flexibility index (Phi) is 4.58. The number of sulfone groups is 1. The Morgan fingerprint density at radius 1 is 0.963 bits per heavy atom. The summed E-state index contributed by atoms with van der Waals surface area (Å²) >= 11 is 0. The average molecular weight is 384 g/mol. The van der Waals surface area contributed by atoms with Crippen LogP contribution in [-0.4, -0.2) is 26.8 Å². The molecule has 4 rings (SSSR count). The lowest BCUT2D eigenvalue weighted by atomic mass is 9.81. The normalized spacial score (nSPS) is 19.0. The van der Waals surface area contributed by atoms with Crippen molar-refractivity contribution >= 4 is 21.0 Å². The Balaban J connectivity index is 1.76. The third-order valence-corrected chi connectivity index (χ3v) is 7.17. The Hall–Kier alpha value is -2.14. The van der Waals surface area contributed by atoms with Crippen LogP contribution >= 0.6 is 0 Å². The zero-order valence-corrected chi connectivity index (χ0v) is 16.7. The van der Waals surface area contributed by atoms with Crippen molar-refractivity contribution in [2.45, 2.75) is 43.4 Å². The van der Waals surface area contributed by atoms with Gasteiger partial charge in [0.2, 0.25) is 0 Å². The molecule has 1 fully saturated rings. The van der Waals surface area contributed by atoms with Gasteiger partial charge in [0.15, 0.2) is 9.84 Å². The molecule has 0 aliphatic heterocycles. The molecule has 1 aromatic heterocycles. The molecule has 0 saturated heterocycles. The molecule has 0 atom stereocenters. The molecule has 0 radical (unpaired) electrons. The fraction of sp³-hybridized carbons (Fsp3) is 0.409. The zero-order chi connectivity index (χ0) is 19.1. The first kappa shape index (κ1) is 18.2. The van der Waals surface area contributed by atoms with E-state index in [2.05, 4.69) is 4.98 Å². The smallest absolute Gasteiger partial charge is 0.175 e. The molecule has 2 aliphatic rings. The first-order chi connectivity index (χ1) is 12.9. The number of rotatable bonds is 4. The van der Waals surface area contributed by atoms with Crippen LogP contribution < -0.4 is 4.74 Å². The highest BCUT2D eigenvalue weighted by molar-refractivity contribution is 7.90. The molecule has 1 saturated carbocycles. The zero-order valence-electron chi connectivity index (χ0n) is 15.9. The van der Waals surface area contributed by atoms with Gasteiger partial charge < -0.3 is 4.74 Å². The highest BCUT2D eigenvalue weighted by atomic mass is 32.2. The second-order valence-electron chi connectivity index (χ2n) is 7.90.